The summed E-state index contributed by atoms with van der Waals surface area (Å²) in [4.78, 5) is 39.9. The van der Waals surface area contributed by atoms with E-state index in [9.17, 15) is 28.5 Å². The second kappa shape index (κ2) is 8.96. The topological polar surface area (TPSA) is 111 Å². The zero-order chi connectivity index (χ0) is 22.7. The van der Waals surface area contributed by atoms with Crippen LogP contribution in [0.4, 0.5) is 19.6 Å². The molecule has 11 heteroatoms. The van der Waals surface area contributed by atoms with Crippen molar-refractivity contribution in [2.75, 3.05) is 11.9 Å². The van der Waals surface area contributed by atoms with Gasteiger partial charge in [-0.05, 0) is 38.1 Å². The standard InChI is InChI=1S/C20H15F2N3O5S/c1-3-30-19(27)13-6-12(7-14(8-13)25(28)29)18(26)24-20-23-17(10(2)31-20)11-4-5-15(21)16(22)9-11/h4-9H,3H2,1-2H3,(H,23,24,26). The lowest BCUT2D eigenvalue weighted by molar-refractivity contribution is -0.384. The number of hydrogen-bond acceptors (Lipinski definition) is 7. The van der Waals surface area contributed by atoms with Crippen molar-refractivity contribution >= 4 is 34.0 Å². The number of esters is 1. The first kappa shape index (κ1) is 22.0. The number of non-ortho nitro benzene ring substituents is 1. The van der Waals surface area contributed by atoms with Crippen LogP contribution in [0.5, 0.6) is 0 Å². The first-order chi connectivity index (χ1) is 14.7. The number of anilines is 1. The van der Waals surface area contributed by atoms with Crippen molar-refractivity contribution in [1.82, 2.24) is 4.98 Å². The number of nitrogens with one attached hydrogen (secondary N) is 1. The SMILES string of the molecule is CCOC(=O)c1cc(C(=O)Nc2nc(-c3ccc(F)c(F)c3)c(C)s2)cc([N+](=O)[O-])c1. The lowest BCUT2D eigenvalue weighted by atomic mass is 10.1. The number of hydrogen-bond donors (Lipinski definition) is 1. The molecule has 1 aromatic heterocycles. The fourth-order valence-electron chi connectivity index (χ4n) is 2.71. The molecule has 3 rings (SSSR count). The Balaban J connectivity index is 1.90. The molecule has 0 aliphatic heterocycles. The van der Waals surface area contributed by atoms with Gasteiger partial charge in [0.15, 0.2) is 16.8 Å². The van der Waals surface area contributed by atoms with E-state index in [1.807, 2.05) is 0 Å². The molecule has 1 amide bonds. The molecule has 0 aliphatic rings. The molecule has 160 valence electrons. The fourth-order valence-corrected chi connectivity index (χ4v) is 3.54. The number of halogens is 2. The third kappa shape index (κ3) is 4.89. The molecule has 31 heavy (non-hydrogen) atoms. The zero-order valence-electron chi connectivity index (χ0n) is 16.3. The summed E-state index contributed by atoms with van der Waals surface area (Å²) in [6, 6.07) is 6.55. The molecule has 0 bridgehead atoms. The molecule has 0 aliphatic carbocycles. The van der Waals surface area contributed by atoms with Crippen LogP contribution in [0.2, 0.25) is 0 Å². The fraction of sp³-hybridized carbons (Fsp3) is 0.150. The van der Waals surface area contributed by atoms with E-state index in [2.05, 4.69) is 10.3 Å². The quantitative estimate of drug-likeness (QED) is 0.332. The second-order valence-electron chi connectivity index (χ2n) is 6.25. The number of nitro groups is 1. The van der Waals surface area contributed by atoms with E-state index >= 15 is 0 Å². The van der Waals surface area contributed by atoms with Gasteiger partial charge < -0.3 is 4.74 Å². The Morgan fingerprint density at radius 2 is 1.87 bits per heavy atom. The Bertz CT molecular complexity index is 1200. The summed E-state index contributed by atoms with van der Waals surface area (Å²) in [5.41, 5.74) is -0.0504. The molecular formula is C20H15F2N3O5S. The van der Waals surface area contributed by atoms with E-state index < -0.39 is 34.1 Å². The Kier molecular flexibility index (Phi) is 6.35. The van der Waals surface area contributed by atoms with E-state index in [1.165, 1.54) is 12.1 Å². The normalized spacial score (nSPS) is 10.6. The minimum Gasteiger partial charge on any atom is -0.462 e. The van der Waals surface area contributed by atoms with Gasteiger partial charge in [0.1, 0.15) is 0 Å². The van der Waals surface area contributed by atoms with Crippen LogP contribution in [0.25, 0.3) is 11.3 Å². The highest BCUT2D eigenvalue weighted by atomic mass is 32.1. The number of nitro benzene ring substituents is 1. The number of aromatic nitrogens is 1. The van der Waals surface area contributed by atoms with Gasteiger partial charge in [0.2, 0.25) is 0 Å². The summed E-state index contributed by atoms with van der Waals surface area (Å²) in [6.07, 6.45) is 0. The van der Waals surface area contributed by atoms with Crippen LogP contribution < -0.4 is 5.32 Å². The summed E-state index contributed by atoms with van der Waals surface area (Å²) in [5.74, 6) is -3.56. The maximum Gasteiger partial charge on any atom is 0.338 e. The number of carbonyl (C=O) groups excluding carboxylic acids is 2. The smallest absolute Gasteiger partial charge is 0.338 e. The minimum absolute atomic E-state index is 0.0637. The summed E-state index contributed by atoms with van der Waals surface area (Å²) in [6.45, 7) is 3.34. The van der Waals surface area contributed by atoms with Crippen LogP contribution in [-0.4, -0.2) is 28.4 Å². The molecule has 3 aromatic rings. The van der Waals surface area contributed by atoms with E-state index in [1.54, 1.807) is 13.8 Å². The van der Waals surface area contributed by atoms with Crippen LogP contribution in [0.15, 0.2) is 36.4 Å². The van der Waals surface area contributed by atoms with Crippen LogP contribution in [0.3, 0.4) is 0 Å². The molecule has 1 N–H and O–H groups in total. The van der Waals surface area contributed by atoms with E-state index in [-0.39, 0.29) is 22.9 Å². The molecule has 0 atom stereocenters. The Hall–Kier alpha value is -3.73. The lowest BCUT2D eigenvalue weighted by Gasteiger charge is -2.06. The van der Waals surface area contributed by atoms with Crippen molar-refractivity contribution < 1.29 is 28.0 Å². The van der Waals surface area contributed by atoms with Crippen LogP contribution in [0.1, 0.15) is 32.5 Å². The molecule has 2 aromatic carbocycles. The number of amides is 1. The van der Waals surface area contributed by atoms with Gasteiger partial charge in [-0.25, -0.2) is 18.6 Å². The van der Waals surface area contributed by atoms with Gasteiger partial charge in [0.05, 0.1) is 22.8 Å². The minimum atomic E-state index is -1.03. The van der Waals surface area contributed by atoms with Gasteiger partial charge in [-0.2, -0.15) is 0 Å². The first-order valence-corrected chi connectivity index (χ1v) is 9.72. The second-order valence-corrected chi connectivity index (χ2v) is 7.46. The molecule has 0 spiro atoms. The zero-order valence-corrected chi connectivity index (χ0v) is 17.1. The third-order valence-corrected chi connectivity index (χ3v) is 5.00. The average Bonchev–Trinajstić information content (AvgIpc) is 3.09. The van der Waals surface area contributed by atoms with Gasteiger partial charge in [-0.1, -0.05) is 0 Å². The lowest BCUT2D eigenvalue weighted by Crippen LogP contribution is -2.14. The Morgan fingerprint density at radius 3 is 2.52 bits per heavy atom. The predicted molar refractivity (Wildman–Crippen MR) is 109 cm³/mol. The van der Waals surface area contributed by atoms with Gasteiger partial charge in [0.25, 0.3) is 11.6 Å². The number of benzene rings is 2. The predicted octanol–water partition coefficient (Wildman–Crippen LogP) is 4.73. The monoisotopic (exact) mass is 447 g/mol. The summed E-state index contributed by atoms with van der Waals surface area (Å²) < 4.78 is 31.6. The number of aryl methyl sites for hydroxylation is 1. The van der Waals surface area contributed by atoms with Crippen molar-refractivity contribution in [3.63, 3.8) is 0 Å². The first-order valence-electron chi connectivity index (χ1n) is 8.90. The molecule has 0 saturated carbocycles. The molecule has 0 radical (unpaired) electrons. The summed E-state index contributed by atoms with van der Waals surface area (Å²) in [7, 11) is 0. The molecular weight excluding hydrogens is 432 g/mol. The van der Waals surface area contributed by atoms with Crippen molar-refractivity contribution in [2.24, 2.45) is 0 Å². The molecule has 1 heterocycles. The highest BCUT2D eigenvalue weighted by molar-refractivity contribution is 7.16. The van der Waals surface area contributed by atoms with Crippen molar-refractivity contribution in [1.29, 1.82) is 0 Å². The molecule has 8 nitrogen and oxygen atoms in total. The van der Waals surface area contributed by atoms with Gasteiger partial charge >= 0.3 is 5.97 Å². The molecule has 0 saturated heterocycles. The third-order valence-electron chi connectivity index (χ3n) is 4.11. The maximum atomic E-state index is 13.5. The number of carbonyl (C=O) groups is 2. The Morgan fingerprint density at radius 1 is 1.16 bits per heavy atom. The van der Waals surface area contributed by atoms with E-state index in [0.717, 1.165) is 35.6 Å². The highest BCUT2D eigenvalue weighted by Crippen LogP contribution is 2.31. The summed E-state index contributed by atoms with van der Waals surface area (Å²) >= 11 is 1.09. The van der Waals surface area contributed by atoms with Gasteiger partial charge in [0, 0.05) is 28.1 Å². The van der Waals surface area contributed by atoms with Gasteiger partial charge in [-0.3, -0.25) is 20.2 Å². The molecule has 0 fully saturated rings. The average molecular weight is 447 g/mol. The maximum absolute atomic E-state index is 13.5. The van der Waals surface area contributed by atoms with Crippen molar-refractivity contribution in [3.8, 4) is 11.3 Å². The van der Waals surface area contributed by atoms with Gasteiger partial charge in [-0.15, -0.1) is 11.3 Å². The number of thiazole rings is 1. The highest BCUT2D eigenvalue weighted by Gasteiger charge is 2.20. The number of ether oxygens (including phenoxy) is 1. The van der Waals surface area contributed by atoms with Crippen molar-refractivity contribution in [2.45, 2.75) is 13.8 Å². The largest absolute Gasteiger partial charge is 0.462 e. The van der Waals surface area contributed by atoms with Crippen LogP contribution >= 0.6 is 11.3 Å². The molecule has 0 unspecified atom stereocenters. The number of nitrogens with zero attached hydrogens (tertiary/aromatic N) is 2. The van der Waals surface area contributed by atoms with Crippen LogP contribution in [-0.2, 0) is 4.74 Å². The van der Waals surface area contributed by atoms with Crippen molar-refractivity contribution in [3.05, 3.63) is 74.2 Å². The van der Waals surface area contributed by atoms with E-state index in [0.29, 0.717) is 16.1 Å². The van der Waals surface area contributed by atoms with Crippen LogP contribution in [0, 0.1) is 28.7 Å². The Labute approximate surface area is 178 Å². The summed E-state index contributed by atoms with van der Waals surface area (Å²) in [5, 5.41) is 13.8. The number of rotatable bonds is 6. The van der Waals surface area contributed by atoms with E-state index in [4.69, 9.17) is 4.74 Å².